The first-order chi connectivity index (χ1) is 14.6. The third-order valence-electron chi connectivity index (χ3n) is 4.91. The van der Waals surface area contributed by atoms with Crippen molar-refractivity contribution in [3.63, 3.8) is 0 Å². The normalized spacial score (nSPS) is 10.8. The van der Waals surface area contributed by atoms with Crippen LogP contribution in [-0.2, 0) is 4.74 Å². The maximum Gasteiger partial charge on any atom is 0.338 e. The summed E-state index contributed by atoms with van der Waals surface area (Å²) in [6.45, 7) is 7.14. The van der Waals surface area contributed by atoms with Gasteiger partial charge in [0.1, 0.15) is 5.75 Å². The number of aromatic amines is 1. The SMILES string of the molecule is CCCCCCOc1ccc(Nc2cc(C)[nH+]c3ccc(C(=O)OCC)cc23)cc1. The molecule has 0 fully saturated rings. The quantitative estimate of drug-likeness (QED) is 0.339. The molecule has 0 saturated carbocycles. The lowest BCUT2D eigenvalue weighted by Crippen LogP contribution is -2.11. The van der Waals surface area contributed by atoms with Crippen molar-refractivity contribution in [1.29, 1.82) is 0 Å². The van der Waals surface area contributed by atoms with E-state index in [4.69, 9.17) is 9.47 Å². The number of aromatic nitrogens is 1. The minimum absolute atomic E-state index is 0.314. The van der Waals surface area contributed by atoms with Crippen LogP contribution in [0.3, 0.4) is 0 Å². The Bertz CT molecular complexity index is 984. The fourth-order valence-electron chi connectivity index (χ4n) is 3.37. The molecule has 2 N–H and O–H groups in total. The number of H-pyrrole nitrogens is 1. The molecular weight excluding hydrogens is 376 g/mol. The lowest BCUT2D eigenvalue weighted by atomic mass is 10.1. The van der Waals surface area contributed by atoms with Gasteiger partial charge in [0, 0.05) is 24.7 Å². The van der Waals surface area contributed by atoms with Crippen LogP contribution in [0.15, 0.2) is 48.5 Å². The second-order valence-corrected chi connectivity index (χ2v) is 7.41. The molecule has 0 bridgehead atoms. The molecule has 0 saturated heterocycles. The molecule has 0 aliphatic rings. The maximum atomic E-state index is 12.1. The van der Waals surface area contributed by atoms with Gasteiger partial charge in [0.2, 0.25) is 5.52 Å². The van der Waals surface area contributed by atoms with Crippen molar-refractivity contribution in [2.75, 3.05) is 18.5 Å². The number of fused-ring (bicyclic) bond motifs is 1. The van der Waals surface area contributed by atoms with Gasteiger partial charge in [0.25, 0.3) is 0 Å². The van der Waals surface area contributed by atoms with E-state index in [1.165, 1.54) is 19.3 Å². The summed E-state index contributed by atoms with van der Waals surface area (Å²) in [6.07, 6.45) is 4.78. The Morgan fingerprint density at radius 3 is 2.53 bits per heavy atom. The Morgan fingerprint density at radius 1 is 1.00 bits per heavy atom. The van der Waals surface area contributed by atoms with E-state index in [0.29, 0.717) is 12.2 Å². The Labute approximate surface area is 178 Å². The number of carbonyl (C=O) groups is 1. The van der Waals surface area contributed by atoms with Gasteiger partial charge in [0.05, 0.1) is 29.9 Å². The van der Waals surface area contributed by atoms with Crippen LogP contribution in [0.25, 0.3) is 10.9 Å². The van der Waals surface area contributed by atoms with E-state index in [2.05, 4.69) is 17.2 Å². The van der Waals surface area contributed by atoms with Crippen molar-refractivity contribution in [2.24, 2.45) is 0 Å². The predicted molar refractivity (Wildman–Crippen MR) is 121 cm³/mol. The number of hydrogen-bond acceptors (Lipinski definition) is 4. The molecule has 5 nitrogen and oxygen atoms in total. The summed E-state index contributed by atoms with van der Waals surface area (Å²) >= 11 is 0. The smallest absolute Gasteiger partial charge is 0.338 e. The third kappa shape index (κ3) is 5.72. The van der Waals surface area contributed by atoms with Crippen LogP contribution in [0.4, 0.5) is 11.4 Å². The fourth-order valence-corrected chi connectivity index (χ4v) is 3.37. The van der Waals surface area contributed by atoms with Crippen molar-refractivity contribution in [3.05, 3.63) is 59.8 Å². The minimum atomic E-state index is -0.314. The number of unbranched alkanes of at least 4 members (excludes halogenated alkanes) is 3. The summed E-state index contributed by atoms with van der Waals surface area (Å²) < 4.78 is 11.0. The number of esters is 1. The molecule has 0 aliphatic heterocycles. The zero-order valence-corrected chi connectivity index (χ0v) is 18.1. The van der Waals surface area contributed by atoms with E-state index in [0.717, 1.165) is 46.7 Å². The van der Waals surface area contributed by atoms with Crippen LogP contribution in [0, 0.1) is 6.92 Å². The van der Waals surface area contributed by atoms with E-state index < -0.39 is 0 Å². The van der Waals surface area contributed by atoms with Crippen molar-refractivity contribution < 1.29 is 19.3 Å². The van der Waals surface area contributed by atoms with Crippen LogP contribution in [0.2, 0.25) is 0 Å². The van der Waals surface area contributed by atoms with E-state index >= 15 is 0 Å². The molecule has 3 aromatic rings. The van der Waals surface area contributed by atoms with Gasteiger partial charge in [-0.25, -0.2) is 9.78 Å². The average molecular weight is 408 g/mol. The zero-order valence-electron chi connectivity index (χ0n) is 18.1. The van der Waals surface area contributed by atoms with Gasteiger partial charge >= 0.3 is 5.97 Å². The molecule has 1 heterocycles. The van der Waals surface area contributed by atoms with Gasteiger partial charge in [-0.15, -0.1) is 0 Å². The lowest BCUT2D eigenvalue weighted by molar-refractivity contribution is -0.354. The second kappa shape index (κ2) is 10.6. The number of nitrogens with one attached hydrogen (secondary N) is 2. The van der Waals surface area contributed by atoms with E-state index in [1.807, 2.05) is 56.3 Å². The maximum absolute atomic E-state index is 12.1. The number of rotatable bonds is 10. The van der Waals surface area contributed by atoms with Crippen LogP contribution in [-0.4, -0.2) is 19.2 Å². The summed E-state index contributed by atoms with van der Waals surface area (Å²) in [5.41, 5.74) is 4.41. The topological polar surface area (TPSA) is 61.7 Å². The van der Waals surface area contributed by atoms with Gasteiger partial charge in [-0.3, -0.25) is 0 Å². The minimum Gasteiger partial charge on any atom is -0.494 e. The molecule has 0 spiro atoms. The highest BCUT2D eigenvalue weighted by Crippen LogP contribution is 2.27. The van der Waals surface area contributed by atoms with Gasteiger partial charge in [-0.2, -0.15) is 0 Å². The number of carbonyl (C=O) groups excluding carboxylic acids is 1. The lowest BCUT2D eigenvalue weighted by Gasteiger charge is -2.11. The molecule has 3 rings (SSSR count). The van der Waals surface area contributed by atoms with Crippen LogP contribution < -0.4 is 15.0 Å². The summed E-state index contributed by atoms with van der Waals surface area (Å²) in [7, 11) is 0. The average Bonchev–Trinajstić information content (AvgIpc) is 2.74. The molecule has 0 radical (unpaired) electrons. The van der Waals surface area contributed by atoms with Gasteiger partial charge < -0.3 is 14.8 Å². The van der Waals surface area contributed by atoms with E-state index in [-0.39, 0.29) is 5.97 Å². The van der Waals surface area contributed by atoms with Crippen molar-refractivity contribution >= 4 is 28.2 Å². The van der Waals surface area contributed by atoms with Crippen LogP contribution >= 0.6 is 0 Å². The van der Waals surface area contributed by atoms with Gasteiger partial charge in [0.15, 0.2) is 5.69 Å². The number of benzene rings is 2. The molecule has 1 aromatic heterocycles. The molecule has 30 heavy (non-hydrogen) atoms. The van der Waals surface area contributed by atoms with Crippen molar-refractivity contribution in [2.45, 2.75) is 46.5 Å². The highest BCUT2D eigenvalue weighted by molar-refractivity contribution is 5.98. The molecule has 2 aromatic carbocycles. The summed E-state index contributed by atoms with van der Waals surface area (Å²) in [6, 6.07) is 15.6. The third-order valence-corrected chi connectivity index (χ3v) is 4.91. The van der Waals surface area contributed by atoms with Gasteiger partial charge in [-0.1, -0.05) is 26.2 Å². The highest BCUT2D eigenvalue weighted by atomic mass is 16.5. The molecule has 5 heteroatoms. The number of aryl methyl sites for hydroxylation is 1. The molecule has 0 aliphatic carbocycles. The Hall–Kier alpha value is -3.08. The first-order valence-corrected chi connectivity index (χ1v) is 10.7. The molecule has 0 amide bonds. The number of anilines is 2. The number of hydrogen-bond donors (Lipinski definition) is 1. The number of ether oxygens (including phenoxy) is 2. The second-order valence-electron chi connectivity index (χ2n) is 7.41. The van der Waals surface area contributed by atoms with Crippen molar-refractivity contribution in [1.82, 2.24) is 0 Å². The molecule has 158 valence electrons. The summed E-state index contributed by atoms with van der Waals surface area (Å²) in [5.74, 6) is 0.565. The summed E-state index contributed by atoms with van der Waals surface area (Å²) in [4.78, 5) is 15.5. The van der Waals surface area contributed by atoms with Gasteiger partial charge in [-0.05, 0) is 49.7 Å². The first-order valence-electron chi connectivity index (χ1n) is 10.7. The molecule has 0 atom stereocenters. The Kier molecular flexibility index (Phi) is 7.66. The summed E-state index contributed by atoms with van der Waals surface area (Å²) in [5, 5.41) is 4.40. The number of pyridine rings is 1. The van der Waals surface area contributed by atoms with E-state index in [1.54, 1.807) is 6.07 Å². The monoisotopic (exact) mass is 407 g/mol. The molecular formula is C25H31N2O3+. The van der Waals surface area contributed by atoms with Crippen LogP contribution in [0.5, 0.6) is 5.75 Å². The fraction of sp³-hybridized carbons (Fsp3) is 0.360. The largest absolute Gasteiger partial charge is 0.494 e. The molecule has 0 unspecified atom stereocenters. The highest BCUT2D eigenvalue weighted by Gasteiger charge is 2.14. The van der Waals surface area contributed by atoms with E-state index in [9.17, 15) is 4.79 Å². The Morgan fingerprint density at radius 2 is 1.80 bits per heavy atom. The van der Waals surface area contributed by atoms with Crippen molar-refractivity contribution in [3.8, 4) is 5.75 Å². The first kappa shape index (κ1) is 21.6. The standard InChI is InChI=1S/C25H30N2O3/c1-4-6-7-8-15-30-21-12-10-20(11-13-21)27-24-16-18(3)26-23-14-9-19(17-22(23)24)25(28)29-5-2/h9-14,16-17H,4-8,15H2,1-3H3,(H,26,27)/p+1. The Balaban J connectivity index is 1.75. The zero-order chi connectivity index (χ0) is 21.3. The predicted octanol–water partition coefficient (Wildman–Crippen LogP) is 5.84. The van der Waals surface area contributed by atoms with Crippen LogP contribution in [0.1, 0.15) is 55.6 Å².